The Kier molecular flexibility index (Phi) is 5.36. The van der Waals surface area contributed by atoms with E-state index in [2.05, 4.69) is 0 Å². The van der Waals surface area contributed by atoms with Gasteiger partial charge in [-0.1, -0.05) is 37.7 Å². The summed E-state index contributed by atoms with van der Waals surface area (Å²) >= 11 is 0. The van der Waals surface area contributed by atoms with Gasteiger partial charge in [0.1, 0.15) is 0 Å². The summed E-state index contributed by atoms with van der Waals surface area (Å²) in [6.07, 6.45) is 18.6. The molecular weight excluding hydrogens is 308 g/mol. The van der Waals surface area contributed by atoms with Crippen LogP contribution in [0.2, 0.25) is 0 Å². The number of aliphatic hydroxyl groups is 1. The average Bonchev–Trinajstić information content (AvgIpc) is 2.93. The number of ketones is 1. The monoisotopic (exact) mass is 344 g/mol. The van der Waals surface area contributed by atoms with Crippen molar-refractivity contribution in [2.24, 2.45) is 17.8 Å². The zero-order valence-corrected chi connectivity index (χ0v) is 15.9. The molecule has 0 saturated heterocycles. The first kappa shape index (κ1) is 17.8. The molecule has 2 nitrogen and oxygen atoms in total. The smallest absolute Gasteiger partial charge is 0.158 e. The van der Waals surface area contributed by atoms with Crippen LogP contribution in [0.15, 0.2) is 11.1 Å². The average molecular weight is 345 g/mol. The van der Waals surface area contributed by atoms with Crippen molar-refractivity contribution in [3.63, 3.8) is 0 Å². The number of allylic oxidation sites excluding steroid dienone is 2. The lowest BCUT2D eigenvalue weighted by Crippen LogP contribution is -2.38. The third-order valence-electron chi connectivity index (χ3n) is 8.06. The highest BCUT2D eigenvalue weighted by molar-refractivity contribution is 5.96. The molecule has 2 saturated carbocycles. The molecule has 0 aromatic carbocycles. The summed E-state index contributed by atoms with van der Waals surface area (Å²) in [5, 5.41) is 11.6. The van der Waals surface area contributed by atoms with Crippen LogP contribution in [-0.2, 0) is 4.79 Å². The van der Waals surface area contributed by atoms with Gasteiger partial charge in [-0.05, 0) is 87.5 Å². The van der Waals surface area contributed by atoms with Crippen LogP contribution in [0.4, 0.5) is 0 Å². The van der Waals surface area contributed by atoms with E-state index in [0.29, 0.717) is 23.5 Å². The first-order valence-corrected chi connectivity index (χ1v) is 11.1. The fraction of sp³-hybridized carbons (Fsp3) is 0.870. The van der Waals surface area contributed by atoms with Crippen LogP contribution in [0.25, 0.3) is 0 Å². The normalized spacial score (nSPS) is 38.4. The van der Waals surface area contributed by atoms with Gasteiger partial charge >= 0.3 is 0 Å². The predicted molar refractivity (Wildman–Crippen MR) is 101 cm³/mol. The highest BCUT2D eigenvalue weighted by Crippen LogP contribution is 2.49. The van der Waals surface area contributed by atoms with Crippen molar-refractivity contribution in [2.45, 2.75) is 108 Å². The quantitative estimate of drug-likeness (QED) is 0.660. The molecule has 4 aliphatic carbocycles. The van der Waals surface area contributed by atoms with E-state index in [1.807, 2.05) is 0 Å². The van der Waals surface area contributed by atoms with Gasteiger partial charge in [-0.3, -0.25) is 4.79 Å². The van der Waals surface area contributed by atoms with Crippen molar-refractivity contribution in [1.29, 1.82) is 0 Å². The number of rotatable bonds is 1. The second kappa shape index (κ2) is 7.55. The molecule has 0 heterocycles. The maximum absolute atomic E-state index is 12.5. The maximum Gasteiger partial charge on any atom is 0.158 e. The predicted octanol–water partition coefficient (Wildman–Crippen LogP) is 5.73. The lowest BCUT2D eigenvalue weighted by Gasteiger charge is -2.37. The molecule has 0 spiro atoms. The number of carbonyl (C=O) groups excluding carboxylic acids is 1. The minimum atomic E-state index is -0.424. The Balaban J connectivity index is 1.52. The lowest BCUT2D eigenvalue weighted by molar-refractivity contribution is -0.115. The Bertz CT molecular complexity index is 526. The van der Waals surface area contributed by atoms with Crippen LogP contribution in [0.3, 0.4) is 0 Å². The van der Waals surface area contributed by atoms with Gasteiger partial charge in [0, 0.05) is 6.42 Å². The molecule has 2 heteroatoms. The van der Waals surface area contributed by atoms with Crippen LogP contribution < -0.4 is 0 Å². The molecule has 0 aromatic rings. The number of Topliss-reactive ketones (excluding diaryl/α,β-unsaturated/α-hetero) is 1. The Morgan fingerprint density at radius 1 is 0.760 bits per heavy atom. The van der Waals surface area contributed by atoms with E-state index < -0.39 is 5.60 Å². The molecular formula is C23H36O2. The Morgan fingerprint density at radius 3 is 2.28 bits per heavy atom. The number of hydrogen-bond donors (Lipinski definition) is 1. The van der Waals surface area contributed by atoms with Crippen LogP contribution >= 0.6 is 0 Å². The molecule has 25 heavy (non-hydrogen) atoms. The fourth-order valence-corrected chi connectivity index (χ4v) is 6.57. The van der Waals surface area contributed by atoms with Gasteiger partial charge in [0.15, 0.2) is 5.78 Å². The third-order valence-corrected chi connectivity index (χ3v) is 8.06. The van der Waals surface area contributed by atoms with Gasteiger partial charge in [0.05, 0.1) is 5.60 Å². The van der Waals surface area contributed by atoms with E-state index in [-0.39, 0.29) is 0 Å². The van der Waals surface area contributed by atoms with Gasteiger partial charge in [0.2, 0.25) is 0 Å². The van der Waals surface area contributed by atoms with E-state index >= 15 is 0 Å². The Labute approximate surface area is 153 Å². The SMILES string of the molecule is O=C1CCC2CCC(O)(C3CCCCCCC3)CCC2C2=C1CCC2. The zero-order valence-electron chi connectivity index (χ0n) is 15.9. The first-order valence-electron chi connectivity index (χ1n) is 11.1. The van der Waals surface area contributed by atoms with Gasteiger partial charge in [-0.25, -0.2) is 0 Å². The van der Waals surface area contributed by atoms with E-state index in [1.165, 1.54) is 62.5 Å². The second-order valence-corrected chi connectivity index (χ2v) is 9.41. The third kappa shape index (κ3) is 3.61. The zero-order chi connectivity index (χ0) is 17.3. The Morgan fingerprint density at radius 2 is 1.48 bits per heavy atom. The molecule has 2 fully saturated rings. The summed E-state index contributed by atoms with van der Waals surface area (Å²) in [4.78, 5) is 12.5. The highest BCUT2D eigenvalue weighted by atomic mass is 16.3. The largest absolute Gasteiger partial charge is 0.390 e. The Hall–Kier alpha value is -0.630. The summed E-state index contributed by atoms with van der Waals surface area (Å²) < 4.78 is 0. The topological polar surface area (TPSA) is 37.3 Å². The van der Waals surface area contributed by atoms with E-state index in [0.717, 1.165) is 51.4 Å². The van der Waals surface area contributed by atoms with Crippen molar-refractivity contribution in [3.05, 3.63) is 11.1 Å². The minimum absolute atomic E-state index is 0.424. The van der Waals surface area contributed by atoms with Crippen LogP contribution in [0, 0.1) is 17.8 Å². The van der Waals surface area contributed by atoms with Gasteiger partial charge in [-0.15, -0.1) is 0 Å². The summed E-state index contributed by atoms with van der Waals surface area (Å²) in [7, 11) is 0. The lowest BCUT2D eigenvalue weighted by atomic mass is 9.74. The van der Waals surface area contributed by atoms with Crippen LogP contribution in [-0.4, -0.2) is 16.5 Å². The van der Waals surface area contributed by atoms with E-state index in [4.69, 9.17) is 0 Å². The van der Waals surface area contributed by atoms with Crippen LogP contribution in [0.5, 0.6) is 0 Å². The fourth-order valence-electron chi connectivity index (χ4n) is 6.57. The van der Waals surface area contributed by atoms with Gasteiger partial charge < -0.3 is 5.11 Å². The minimum Gasteiger partial charge on any atom is -0.390 e. The molecule has 140 valence electrons. The maximum atomic E-state index is 12.5. The molecule has 1 N–H and O–H groups in total. The van der Waals surface area contributed by atoms with E-state index in [1.54, 1.807) is 0 Å². The summed E-state index contributed by atoms with van der Waals surface area (Å²) in [6.45, 7) is 0. The molecule has 0 bridgehead atoms. The van der Waals surface area contributed by atoms with Crippen molar-refractivity contribution in [1.82, 2.24) is 0 Å². The number of fused-ring (bicyclic) bond motifs is 2. The second-order valence-electron chi connectivity index (χ2n) is 9.41. The molecule has 0 radical (unpaired) electrons. The number of carbonyl (C=O) groups is 1. The molecule has 0 amide bonds. The summed E-state index contributed by atoms with van der Waals surface area (Å²) in [5.41, 5.74) is 2.31. The summed E-state index contributed by atoms with van der Waals surface area (Å²) in [5.74, 6) is 2.23. The standard InChI is InChI=1S/C23H36O2/c24-22-12-11-17-13-15-23(25,18-7-4-2-1-3-5-8-18)16-14-19(17)20-9-6-10-21(20)22/h17-19,25H,1-16H2. The van der Waals surface area contributed by atoms with Crippen molar-refractivity contribution in [3.8, 4) is 0 Å². The highest BCUT2D eigenvalue weighted by Gasteiger charge is 2.43. The number of hydrogen-bond acceptors (Lipinski definition) is 2. The molecule has 3 atom stereocenters. The summed E-state index contributed by atoms with van der Waals surface area (Å²) in [6, 6.07) is 0. The van der Waals surface area contributed by atoms with Crippen molar-refractivity contribution in [2.75, 3.05) is 0 Å². The molecule has 0 aromatic heterocycles. The first-order chi connectivity index (χ1) is 12.2. The van der Waals surface area contributed by atoms with Crippen LogP contribution in [0.1, 0.15) is 103 Å². The molecule has 0 aliphatic heterocycles. The van der Waals surface area contributed by atoms with Crippen molar-refractivity contribution < 1.29 is 9.90 Å². The van der Waals surface area contributed by atoms with Gasteiger partial charge in [-0.2, -0.15) is 0 Å². The molecule has 3 unspecified atom stereocenters. The van der Waals surface area contributed by atoms with Gasteiger partial charge in [0.25, 0.3) is 0 Å². The van der Waals surface area contributed by atoms with Crippen molar-refractivity contribution >= 4 is 5.78 Å². The van der Waals surface area contributed by atoms with E-state index in [9.17, 15) is 9.90 Å². The molecule has 4 aliphatic rings. The molecule has 4 rings (SSSR count).